The highest BCUT2D eigenvalue weighted by Crippen LogP contribution is 2.27. The molecule has 7 heteroatoms. The number of carbonyl (C=O) groups excluding carboxylic acids is 2. The first kappa shape index (κ1) is 21.1. The van der Waals surface area contributed by atoms with Gasteiger partial charge in [-0.25, -0.2) is 0 Å². The second-order valence-corrected chi connectivity index (χ2v) is 8.47. The predicted molar refractivity (Wildman–Crippen MR) is 135 cm³/mol. The number of para-hydroxylation sites is 1. The summed E-state index contributed by atoms with van der Waals surface area (Å²) in [6.45, 7) is 0.672. The normalized spacial score (nSPS) is 15.4. The van der Waals surface area contributed by atoms with E-state index in [1.165, 1.54) is 4.90 Å². The van der Waals surface area contributed by atoms with Crippen LogP contribution in [0, 0.1) is 0 Å². The summed E-state index contributed by atoms with van der Waals surface area (Å²) in [7, 11) is 0. The monoisotopic (exact) mass is 471 g/mol. The summed E-state index contributed by atoms with van der Waals surface area (Å²) in [5.41, 5.74) is 3.50. The Kier molecular flexibility index (Phi) is 5.54. The lowest BCUT2D eigenvalue weighted by atomic mass is 10.1. The molecule has 33 heavy (non-hydrogen) atoms. The number of nitrogens with zero attached hydrogens (tertiary/aromatic N) is 2. The lowest BCUT2D eigenvalue weighted by molar-refractivity contribution is -0.122. The third-order valence-corrected chi connectivity index (χ3v) is 6.04. The predicted octanol–water partition coefficient (Wildman–Crippen LogP) is 5.17. The molecular weight excluding hydrogens is 454 g/mol. The van der Waals surface area contributed by atoms with Gasteiger partial charge in [0.2, 0.25) is 0 Å². The van der Waals surface area contributed by atoms with Crippen LogP contribution in [0.4, 0.5) is 5.69 Å². The summed E-state index contributed by atoms with van der Waals surface area (Å²) in [5.74, 6) is -0.999. The standard InChI is InChI=1S/C26H18ClN3O2S/c27-19-10-12-20(13-11-19)30-25(32)22(24(31)28-26(30)33)14-18-16-29(15-17-6-2-1-3-7-17)23-9-5-4-8-21(18)23/h1-14,16H,15H2,(H,28,31,33)/b22-14-. The highest BCUT2D eigenvalue weighted by molar-refractivity contribution is 7.80. The fraction of sp³-hybridized carbons (Fsp3) is 0.0385. The van der Waals surface area contributed by atoms with Crippen LogP contribution in [0.2, 0.25) is 5.02 Å². The van der Waals surface area contributed by atoms with Gasteiger partial charge < -0.3 is 4.57 Å². The molecule has 2 heterocycles. The topological polar surface area (TPSA) is 54.3 Å². The Morgan fingerprint density at radius 1 is 0.909 bits per heavy atom. The number of nitrogens with one attached hydrogen (secondary N) is 1. The molecule has 2 amide bonds. The maximum absolute atomic E-state index is 13.3. The van der Waals surface area contributed by atoms with Gasteiger partial charge in [0.05, 0.1) is 5.69 Å². The van der Waals surface area contributed by atoms with Crippen molar-refractivity contribution >= 4 is 63.4 Å². The van der Waals surface area contributed by atoms with Gasteiger partial charge in [-0.05, 0) is 54.2 Å². The zero-order chi connectivity index (χ0) is 22.9. The van der Waals surface area contributed by atoms with Crippen molar-refractivity contribution in [3.05, 3.63) is 107 Å². The number of thiocarbonyl (C=S) groups is 1. The Balaban J connectivity index is 1.57. The molecule has 0 unspecified atom stereocenters. The molecule has 162 valence electrons. The number of hydrogen-bond acceptors (Lipinski definition) is 3. The van der Waals surface area contributed by atoms with Gasteiger partial charge in [-0.15, -0.1) is 0 Å². The van der Waals surface area contributed by atoms with Gasteiger partial charge >= 0.3 is 0 Å². The number of amides is 2. The van der Waals surface area contributed by atoms with E-state index in [-0.39, 0.29) is 10.7 Å². The number of carbonyl (C=O) groups is 2. The van der Waals surface area contributed by atoms with Gasteiger partial charge in [-0.3, -0.25) is 19.8 Å². The molecule has 5 nitrogen and oxygen atoms in total. The minimum Gasteiger partial charge on any atom is -0.342 e. The van der Waals surface area contributed by atoms with Crippen molar-refractivity contribution < 1.29 is 9.59 Å². The van der Waals surface area contributed by atoms with Crippen LogP contribution in [-0.4, -0.2) is 21.5 Å². The third kappa shape index (κ3) is 4.06. The molecule has 4 aromatic rings. The van der Waals surface area contributed by atoms with Crippen LogP contribution in [0.3, 0.4) is 0 Å². The lowest BCUT2D eigenvalue weighted by Gasteiger charge is -2.28. The minimum atomic E-state index is -0.518. The summed E-state index contributed by atoms with van der Waals surface area (Å²) in [6.07, 6.45) is 3.59. The molecule has 1 aliphatic rings. The van der Waals surface area contributed by atoms with E-state index in [1.54, 1.807) is 30.3 Å². The molecule has 0 saturated carbocycles. The second kappa shape index (κ2) is 8.65. The third-order valence-electron chi connectivity index (χ3n) is 5.50. The molecule has 0 radical (unpaired) electrons. The fourth-order valence-corrected chi connectivity index (χ4v) is 4.35. The molecule has 0 spiro atoms. The van der Waals surface area contributed by atoms with Crippen LogP contribution in [0.1, 0.15) is 11.1 Å². The smallest absolute Gasteiger partial charge is 0.270 e. The highest BCUT2D eigenvalue weighted by atomic mass is 35.5. The SMILES string of the molecule is O=C1NC(=S)N(c2ccc(Cl)cc2)C(=O)/C1=C\c1cn(Cc2ccccc2)c2ccccc12. The molecule has 3 aromatic carbocycles. The number of rotatable bonds is 4. The van der Waals surface area contributed by atoms with Crippen molar-refractivity contribution in [1.82, 2.24) is 9.88 Å². The quantitative estimate of drug-likeness (QED) is 0.253. The average molecular weight is 472 g/mol. The van der Waals surface area contributed by atoms with Crippen LogP contribution in [0.15, 0.2) is 90.6 Å². The maximum Gasteiger partial charge on any atom is 0.270 e. The molecule has 1 aliphatic heterocycles. The highest BCUT2D eigenvalue weighted by Gasteiger charge is 2.34. The van der Waals surface area contributed by atoms with Crippen LogP contribution in [0.5, 0.6) is 0 Å². The van der Waals surface area contributed by atoms with E-state index >= 15 is 0 Å². The van der Waals surface area contributed by atoms with E-state index in [4.69, 9.17) is 23.8 Å². The first-order valence-corrected chi connectivity index (χ1v) is 11.1. The Morgan fingerprint density at radius 2 is 1.61 bits per heavy atom. The van der Waals surface area contributed by atoms with E-state index in [1.807, 2.05) is 48.7 Å². The maximum atomic E-state index is 13.3. The van der Waals surface area contributed by atoms with E-state index in [9.17, 15) is 9.59 Å². The summed E-state index contributed by atoms with van der Waals surface area (Å²) in [4.78, 5) is 27.4. The van der Waals surface area contributed by atoms with Gasteiger partial charge in [-0.1, -0.05) is 60.1 Å². The van der Waals surface area contributed by atoms with Crippen molar-refractivity contribution in [1.29, 1.82) is 0 Å². The molecule has 1 saturated heterocycles. The van der Waals surface area contributed by atoms with Crippen LogP contribution >= 0.6 is 23.8 Å². The van der Waals surface area contributed by atoms with Crippen LogP contribution in [0.25, 0.3) is 17.0 Å². The van der Waals surface area contributed by atoms with E-state index in [0.717, 1.165) is 22.0 Å². The lowest BCUT2D eigenvalue weighted by Crippen LogP contribution is -2.54. The van der Waals surface area contributed by atoms with Crippen molar-refractivity contribution in [2.45, 2.75) is 6.54 Å². The fourth-order valence-electron chi connectivity index (χ4n) is 3.94. The number of benzene rings is 3. The van der Waals surface area contributed by atoms with Crippen molar-refractivity contribution in [3.63, 3.8) is 0 Å². The van der Waals surface area contributed by atoms with Crippen molar-refractivity contribution in [2.24, 2.45) is 0 Å². The first-order valence-electron chi connectivity index (χ1n) is 10.3. The molecule has 1 N–H and O–H groups in total. The number of aromatic nitrogens is 1. The van der Waals surface area contributed by atoms with Crippen LogP contribution in [-0.2, 0) is 16.1 Å². The molecule has 1 fully saturated rings. The largest absolute Gasteiger partial charge is 0.342 e. The van der Waals surface area contributed by atoms with Gasteiger partial charge in [0.25, 0.3) is 11.8 Å². The number of anilines is 1. The molecule has 0 bridgehead atoms. The summed E-state index contributed by atoms with van der Waals surface area (Å²) in [5, 5.41) is 4.16. The number of hydrogen-bond donors (Lipinski definition) is 1. The first-order chi connectivity index (χ1) is 16.0. The summed E-state index contributed by atoms with van der Waals surface area (Å²) in [6, 6.07) is 24.8. The number of fused-ring (bicyclic) bond motifs is 1. The van der Waals surface area contributed by atoms with Crippen molar-refractivity contribution in [3.8, 4) is 0 Å². The molecule has 0 atom stereocenters. The zero-order valence-electron chi connectivity index (χ0n) is 17.4. The minimum absolute atomic E-state index is 0.0150. The van der Waals surface area contributed by atoms with Crippen molar-refractivity contribution in [2.75, 3.05) is 4.90 Å². The molecule has 1 aromatic heterocycles. The van der Waals surface area contributed by atoms with E-state index < -0.39 is 11.8 Å². The van der Waals surface area contributed by atoms with Gasteiger partial charge in [-0.2, -0.15) is 0 Å². The second-order valence-electron chi connectivity index (χ2n) is 7.65. The van der Waals surface area contributed by atoms with Crippen LogP contribution < -0.4 is 10.2 Å². The van der Waals surface area contributed by atoms with Gasteiger partial charge in [0.15, 0.2) is 5.11 Å². The van der Waals surface area contributed by atoms with Gasteiger partial charge in [0, 0.05) is 34.2 Å². The number of halogens is 1. The Bertz CT molecular complexity index is 1430. The molecule has 5 rings (SSSR count). The average Bonchev–Trinajstić information content (AvgIpc) is 3.16. The van der Waals surface area contributed by atoms with E-state index in [0.29, 0.717) is 17.3 Å². The molecular formula is C26H18ClN3O2S. The summed E-state index contributed by atoms with van der Waals surface area (Å²) >= 11 is 11.3. The molecule has 0 aliphatic carbocycles. The Hall–Kier alpha value is -3.74. The van der Waals surface area contributed by atoms with E-state index in [2.05, 4.69) is 22.0 Å². The Morgan fingerprint density at radius 3 is 2.36 bits per heavy atom. The van der Waals surface area contributed by atoms with Gasteiger partial charge in [0.1, 0.15) is 5.57 Å². The summed E-state index contributed by atoms with van der Waals surface area (Å²) < 4.78 is 2.11. The Labute approximate surface area is 200 Å². The zero-order valence-corrected chi connectivity index (χ0v) is 18.9.